The third-order valence-electron chi connectivity index (χ3n) is 6.03. The summed E-state index contributed by atoms with van der Waals surface area (Å²) >= 11 is 0. The minimum atomic E-state index is -0.0877. The van der Waals surface area contributed by atoms with E-state index in [9.17, 15) is 9.59 Å². The summed E-state index contributed by atoms with van der Waals surface area (Å²) in [6, 6.07) is 14.7. The Balaban J connectivity index is 1.38. The SMILES string of the molecule is Cc1nc2ccc(-c3ccnc(Nc4ccc(C(=O)N5CCCC5)cc4)n3)cc2c(=O)n1C. The Morgan fingerprint density at radius 1 is 1.00 bits per heavy atom. The molecule has 0 atom stereocenters. The highest BCUT2D eigenvalue weighted by Gasteiger charge is 2.19. The Morgan fingerprint density at radius 3 is 2.52 bits per heavy atom. The van der Waals surface area contributed by atoms with Crippen LogP contribution in [-0.4, -0.2) is 43.4 Å². The van der Waals surface area contributed by atoms with Gasteiger partial charge in [0.05, 0.1) is 16.6 Å². The van der Waals surface area contributed by atoms with Crippen LogP contribution in [0.15, 0.2) is 59.5 Å². The number of likely N-dealkylation sites (tertiary alicyclic amines) is 1. The number of nitrogens with one attached hydrogen (secondary N) is 1. The molecule has 1 saturated heterocycles. The largest absolute Gasteiger partial charge is 0.339 e. The number of rotatable bonds is 4. The number of carbonyl (C=O) groups is 1. The second kappa shape index (κ2) is 8.46. The number of carbonyl (C=O) groups excluding carboxylic acids is 1. The van der Waals surface area contributed by atoms with Crippen molar-refractivity contribution in [2.24, 2.45) is 7.05 Å². The van der Waals surface area contributed by atoms with E-state index in [1.165, 1.54) is 4.57 Å². The minimum absolute atomic E-state index is 0.0735. The molecule has 1 N–H and O–H groups in total. The normalized spacial score (nSPS) is 13.5. The quantitative estimate of drug-likeness (QED) is 0.520. The Morgan fingerprint density at radius 2 is 1.76 bits per heavy atom. The standard InChI is InChI=1S/C25H24N6O2/c1-16-27-22-10-7-18(15-20(22)24(33)30(16)2)21-11-12-26-25(29-21)28-19-8-5-17(6-9-19)23(32)31-13-3-4-14-31/h5-12,15H,3-4,13-14H2,1-2H3,(H,26,28,29). The monoisotopic (exact) mass is 440 g/mol. The van der Waals surface area contributed by atoms with Crippen molar-refractivity contribution in [3.05, 3.63) is 76.5 Å². The van der Waals surface area contributed by atoms with E-state index in [1.54, 1.807) is 19.3 Å². The van der Waals surface area contributed by atoms with Crippen LogP contribution in [0.4, 0.5) is 11.6 Å². The molecule has 0 aliphatic carbocycles. The molecule has 1 aliphatic rings. The molecule has 2 aromatic carbocycles. The summed E-state index contributed by atoms with van der Waals surface area (Å²) in [4.78, 5) is 40.5. The van der Waals surface area contributed by atoms with Crippen LogP contribution < -0.4 is 10.9 Å². The van der Waals surface area contributed by atoms with E-state index in [4.69, 9.17) is 0 Å². The zero-order valence-corrected chi connectivity index (χ0v) is 18.6. The Bertz CT molecular complexity index is 1410. The molecule has 4 aromatic rings. The first-order valence-electron chi connectivity index (χ1n) is 11.0. The van der Waals surface area contributed by atoms with Crippen LogP contribution in [0.25, 0.3) is 22.2 Å². The lowest BCUT2D eigenvalue weighted by atomic mass is 10.1. The fourth-order valence-electron chi connectivity index (χ4n) is 4.05. The first kappa shape index (κ1) is 20.8. The topological polar surface area (TPSA) is 93.0 Å². The summed E-state index contributed by atoms with van der Waals surface area (Å²) < 4.78 is 1.54. The number of benzene rings is 2. The first-order chi connectivity index (χ1) is 16.0. The number of hydrogen-bond acceptors (Lipinski definition) is 6. The molecular weight excluding hydrogens is 416 g/mol. The van der Waals surface area contributed by atoms with Crippen LogP contribution in [0.2, 0.25) is 0 Å². The van der Waals surface area contributed by atoms with Gasteiger partial charge in [-0.25, -0.2) is 15.0 Å². The molecule has 0 spiro atoms. The van der Waals surface area contributed by atoms with Gasteiger partial charge in [0.1, 0.15) is 5.82 Å². The summed E-state index contributed by atoms with van der Waals surface area (Å²) in [7, 11) is 1.72. The highest BCUT2D eigenvalue weighted by atomic mass is 16.2. The lowest BCUT2D eigenvalue weighted by Crippen LogP contribution is -2.27. The van der Waals surface area contributed by atoms with Gasteiger partial charge in [-0.05, 0) is 62.2 Å². The average molecular weight is 441 g/mol. The van der Waals surface area contributed by atoms with E-state index in [0.717, 1.165) is 37.2 Å². The Labute approximate surface area is 190 Å². The van der Waals surface area contributed by atoms with Crippen LogP contribution in [0.3, 0.4) is 0 Å². The van der Waals surface area contributed by atoms with Gasteiger partial charge in [-0.2, -0.15) is 0 Å². The number of amides is 1. The number of hydrogen-bond donors (Lipinski definition) is 1. The molecule has 0 bridgehead atoms. The molecule has 5 rings (SSSR count). The van der Waals surface area contributed by atoms with Crippen LogP contribution in [0.1, 0.15) is 29.0 Å². The van der Waals surface area contributed by atoms with Gasteiger partial charge in [0.25, 0.3) is 11.5 Å². The van der Waals surface area contributed by atoms with E-state index >= 15 is 0 Å². The van der Waals surface area contributed by atoms with Crippen molar-refractivity contribution in [3.63, 3.8) is 0 Å². The summed E-state index contributed by atoms with van der Waals surface area (Å²) in [6.45, 7) is 3.47. The molecule has 0 radical (unpaired) electrons. The second-order valence-electron chi connectivity index (χ2n) is 8.22. The van der Waals surface area contributed by atoms with Gasteiger partial charge < -0.3 is 10.2 Å². The van der Waals surface area contributed by atoms with E-state index < -0.39 is 0 Å². The second-order valence-corrected chi connectivity index (χ2v) is 8.22. The molecule has 1 fully saturated rings. The van der Waals surface area contributed by atoms with Crippen LogP contribution >= 0.6 is 0 Å². The lowest BCUT2D eigenvalue weighted by Gasteiger charge is -2.15. The number of nitrogens with zero attached hydrogens (tertiary/aromatic N) is 5. The third kappa shape index (κ3) is 4.07. The van der Waals surface area contributed by atoms with Gasteiger partial charge >= 0.3 is 0 Å². The minimum Gasteiger partial charge on any atom is -0.339 e. The van der Waals surface area contributed by atoms with Gasteiger partial charge in [0.15, 0.2) is 0 Å². The highest BCUT2D eigenvalue weighted by Crippen LogP contribution is 2.23. The predicted molar refractivity (Wildman–Crippen MR) is 128 cm³/mol. The average Bonchev–Trinajstić information content (AvgIpc) is 3.38. The number of aromatic nitrogens is 4. The summed E-state index contributed by atoms with van der Waals surface area (Å²) in [5.41, 5.74) is 3.54. The molecule has 2 aromatic heterocycles. The molecule has 8 heteroatoms. The van der Waals surface area contributed by atoms with Crippen LogP contribution in [0.5, 0.6) is 0 Å². The molecule has 1 aliphatic heterocycles. The van der Waals surface area contributed by atoms with E-state index in [2.05, 4.69) is 20.3 Å². The van der Waals surface area contributed by atoms with E-state index in [1.807, 2.05) is 54.3 Å². The smallest absolute Gasteiger partial charge is 0.261 e. The van der Waals surface area contributed by atoms with Gasteiger partial charge in [-0.1, -0.05) is 6.07 Å². The zero-order valence-electron chi connectivity index (χ0n) is 18.6. The van der Waals surface area contributed by atoms with Crippen molar-refractivity contribution >= 4 is 28.4 Å². The van der Waals surface area contributed by atoms with Crippen molar-refractivity contribution in [3.8, 4) is 11.3 Å². The maximum absolute atomic E-state index is 12.7. The molecule has 33 heavy (non-hydrogen) atoms. The molecule has 0 unspecified atom stereocenters. The summed E-state index contributed by atoms with van der Waals surface area (Å²) in [5, 5.41) is 3.74. The highest BCUT2D eigenvalue weighted by molar-refractivity contribution is 5.94. The number of fused-ring (bicyclic) bond motifs is 1. The predicted octanol–water partition coefficient (Wildman–Crippen LogP) is 3.68. The molecule has 1 amide bonds. The molecule has 166 valence electrons. The van der Waals surface area contributed by atoms with Crippen molar-refractivity contribution < 1.29 is 4.79 Å². The van der Waals surface area contributed by atoms with Gasteiger partial charge in [0, 0.05) is 43.1 Å². The van der Waals surface area contributed by atoms with Crippen molar-refractivity contribution in [2.45, 2.75) is 19.8 Å². The summed E-state index contributed by atoms with van der Waals surface area (Å²) in [6.07, 6.45) is 3.81. The van der Waals surface area contributed by atoms with Crippen LogP contribution in [0, 0.1) is 6.92 Å². The molecule has 8 nitrogen and oxygen atoms in total. The number of aryl methyl sites for hydroxylation is 1. The van der Waals surface area contributed by atoms with Gasteiger partial charge in [0.2, 0.25) is 5.95 Å². The van der Waals surface area contributed by atoms with Crippen molar-refractivity contribution in [2.75, 3.05) is 18.4 Å². The van der Waals surface area contributed by atoms with E-state index in [0.29, 0.717) is 33.9 Å². The fourth-order valence-corrected chi connectivity index (χ4v) is 4.05. The third-order valence-corrected chi connectivity index (χ3v) is 6.03. The molecule has 3 heterocycles. The number of anilines is 2. The van der Waals surface area contributed by atoms with E-state index in [-0.39, 0.29) is 11.5 Å². The molecular formula is C25H24N6O2. The van der Waals surface area contributed by atoms with Gasteiger partial charge in [-0.3, -0.25) is 14.2 Å². The maximum atomic E-state index is 12.7. The lowest BCUT2D eigenvalue weighted by molar-refractivity contribution is 0.0793. The van der Waals surface area contributed by atoms with Crippen molar-refractivity contribution in [1.82, 2.24) is 24.4 Å². The van der Waals surface area contributed by atoms with Crippen molar-refractivity contribution in [1.29, 1.82) is 0 Å². The Hall–Kier alpha value is -4.07. The fraction of sp³-hybridized carbons (Fsp3) is 0.240. The van der Waals surface area contributed by atoms with Crippen LogP contribution in [-0.2, 0) is 7.05 Å². The zero-order chi connectivity index (χ0) is 22.9. The molecule has 0 saturated carbocycles. The maximum Gasteiger partial charge on any atom is 0.261 e. The Kier molecular flexibility index (Phi) is 5.34. The summed E-state index contributed by atoms with van der Waals surface area (Å²) in [5.74, 6) is 1.17. The first-order valence-corrected chi connectivity index (χ1v) is 11.0. The van der Waals surface area contributed by atoms with Gasteiger partial charge in [-0.15, -0.1) is 0 Å².